The Hall–Kier alpha value is -3.15. The number of amides is 1. The molecule has 3 N–H and O–H groups in total. The fraction of sp³-hybridized carbons (Fsp3) is 0.784. The van der Waals surface area contributed by atoms with Gasteiger partial charge in [-0.2, -0.15) is 0 Å². The van der Waals surface area contributed by atoms with Crippen molar-refractivity contribution in [1.29, 1.82) is 0 Å². The Morgan fingerprint density at radius 3 is 2.11 bits per heavy atom. The van der Waals surface area contributed by atoms with Gasteiger partial charge in [0.1, 0.15) is 23.3 Å². The van der Waals surface area contributed by atoms with Gasteiger partial charge in [0.05, 0.1) is 28.9 Å². The third kappa shape index (κ3) is 8.11. The van der Waals surface area contributed by atoms with E-state index in [1.165, 1.54) is 4.57 Å². The third-order valence-electron chi connectivity index (χ3n) is 17.3. The first kappa shape index (κ1) is 46.8. The topological polar surface area (TPSA) is 146 Å². The van der Waals surface area contributed by atoms with E-state index >= 15 is 0 Å². The first-order chi connectivity index (χ1) is 28.4. The molecule has 7 rings (SSSR count). The van der Waals surface area contributed by atoms with Gasteiger partial charge in [0.2, 0.25) is 0 Å². The molecule has 12 atom stereocenters. The minimum atomic E-state index is -1.09. The number of carbonyl (C=O) groups excluding carboxylic acids is 3. The molecule has 5 aliphatic rings. The summed E-state index contributed by atoms with van der Waals surface area (Å²) in [7, 11) is 0. The Morgan fingerprint density at radius 2 is 1.48 bits per heavy atom. The monoisotopic (exact) mass is 863 g/mol. The molecule has 62 heavy (non-hydrogen) atoms. The second-order valence-corrected chi connectivity index (χ2v) is 24.3. The number of aromatic nitrogens is 1. The highest BCUT2D eigenvalue weighted by molar-refractivity contribution is 5.93. The number of hydrogen-bond acceptors (Lipinski definition) is 9. The summed E-state index contributed by atoms with van der Waals surface area (Å²) in [5.74, 6) is 0.316. The summed E-state index contributed by atoms with van der Waals surface area (Å²) < 4.78 is 26.2. The van der Waals surface area contributed by atoms with E-state index in [-0.39, 0.29) is 58.0 Å². The zero-order valence-electron chi connectivity index (χ0n) is 40.3. The minimum Gasteiger partial charge on any atom is -0.460 e. The molecule has 11 heteroatoms. The van der Waals surface area contributed by atoms with Crippen molar-refractivity contribution in [3.63, 3.8) is 0 Å². The Kier molecular flexibility index (Phi) is 11.7. The van der Waals surface area contributed by atoms with Crippen molar-refractivity contribution in [2.75, 3.05) is 0 Å². The van der Waals surface area contributed by atoms with E-state index < -0.39 is 58.6 Å². The van der Waals surface area contributed by atoms with Gasteiger partial charge in [0.25, 0.3) is 0 Å². The second kappa shape index (κ2) is 15.5. The summed E-state index contributed by atoms with van der Waals surface area (Å²) in [5, 5.41) is 26.9. The summed E-state index contributed by atoms with van der Waals surface area (Å²) in [5.41, 5.74) is -2.03. The van der Waals surface area contributed by atoms with Crippen LogP contribution in [0.25, 0.3) is 10.9 Å². The molecule has 0 spiro atoms. The maximum absolute atomic E-state index is 14.6. The number of nitrogens with one attached hydrogen (secondary N) is 1. The Labute approximate surface area is 370 Å². The molecule has 1 saturated heterocycles. The van der Waals surface area contributed by atoms with Crippen LogP contribution in [-0.2, 0) is 30.2 Å². The third-order valence-corrected chi connectivity index (χ3v) is 17.3. The molecular formula is C51H78N2O9. The average molecular weight is 863 g/mol. The predicted molar refractivity (Wildman–Crippen MR) is 240 cm³/mol. The first-order valence-electron chi connectivity index (χ1n) is 23.5. The van der Waals surface area contributed by atoms with Crippen molar-refractivity contribution < 1.29 is 43.5 Å². The number of para-hydroxylation sites is 1. The van der Waals surface area contributed by atoms with Gasteiger partial charge < -0.3 is 34.5 Å². The number of hydrogen-bond donors (Lipinski definition) is 3. The number of fused-ring (bicyclic) bond motifs is 6. The number of aliphatic hydroxyl groups is 2. The minimum absolute atomic E-state index is 0.00200. The summed E-state index contributed by atoms with van der Waals surface area (Å²) in [6.07, 6.45) is 7.50. The molecule has 2 heterocycles. The van der Waals surface area contributed by atoms with Crippen LogP contribution in [-0.4, -0.2) is 79.7 Å². The van der Waals surface area contributed by atoms with E-state index in [1.807, 2.05) is 58.9 Å². The van der Waals surface area contributed by atoms with E-state index in [0.29, 0.717) is 17.5 Å². The van der Waals surface area contributed by atoms with Crippen molar-refractivity contribution in [2.24, 2.45) is 45.3 Å². The molecule has 0 radical (unpaired) electrons. The number of esters is 1. The highest BCUT2D eigenvalue weighted by Crippen LogP contribution is 2.76. The van der Waals surface area contributed by atoms with Crippen LogP contribution in [0.5, 0.6) is 0 Å². The molecular weight excluding hydrogens is 785 g/mol. The summed E-state index contributed by atoms with van der Waals surface area (Å²) in [4.78, 5) is 41.3. The predicted octanol–water partition coefficient (Wildman–Crippen LogP) is 10.1. The fourth-order valence-electron chi connectivity index (χ4n) is 14.2. The lowest BCUT2D eigenvalue weighted by atomic mass is 9.35. The van der Waals surface area contributed by atoms with Gasteiger partial charge in [0, 0.05) is 23.4 Å². The number of aliphatic hydroxyl groups excluding tert-OH is 1. The van der Waals surface area contributed by atoms with Crippen molar-refractivity contribution in [1.82, 2.24) is 9.88 Å². The Morgan fingerprint density at radius 1 is 0.839 bits per heavy atom. The molecule has 1 aromatic carbocycles. The normalized spacial score (nSPS) is 37.5. The summed E-state index contributed by atoms with van der Waals surface area (Å²) >= 11 is 0. The molecule has 1 aromatic heterocycles. The van der Waals surface area contributed by atoms with E-state index in [2.05, 4.69) is 46.9 Å². The van der Waals surface area contributed by atoms with Crippen LogP contribution < -0.4 is 5.32 Å². The zero-order valence-corrected chi connectivity index (χ0v) is 40.3. The number of carbonyl (C=O) groups is 3. The molecule has 0 bridgehead atoms. The number of rotatable bonds is 7. The van der Waals surface area contributed by atoms with Gasteiger partial charge in [-0.05, 0) is 172 Å². The van der Waals surface area contributed by atoms with Gasteiger partial charge >= 0.3 is 18.2 Å². The standard InChI is InChI=1S/C51H78N2O9/c1-44(2,3)61-42(56)52-33(27-30-29-53(43(57)62-45(4,5)6)34-18-16-15-17-31(30)34)41(55)59-38-21-23-48(11)36(46(38,7)8)20-25-49(12)37(48)28-35(54)40-32(19-24-50(40,49)13)51(14)26-22-39(60-51)47(9,10)58/h15-18,29,32-33,35-40,54,58H,19-28H2,1-14H3,(H,52,56)/t32-,33-,35+,36-,37+,38-,39+,40-,48-,49+,50+,51-/m0/s1. The maximum Gasteiger partial charge on any atom is 0.419 e. The van der Waals surface area contributed by atoms with Crippen LogP contribution in [0.2, 0.25) is 0 Å². The largest absolute Gasteiger partial charge is 0.460 e. The van der Waals surface area contributed by atoms with Crippen molar-refractivity contribution in [3.8, 4) is 0 Å². The molecule has 1 aliphatic heterocycles. The molecule has 4 saturated carbocycles. The SMILES string of the molecule is CC(C)(C)OC(=O)N[C@@H](Cc1cn(C(=O)OC(C)(C)C)c2ccccc12)C(=O)O[C@H]1CC[C@]2(C)[C@H]3C[C@@H](O)[C@@H]4[C@@H]([C@]5(C)CC[C@H](C(C)(C)O)O5)CC[C@@]4(C)[C@]3(C)CC[C@H]2C1(C)C. The van der Waals surface area contributed by atoms with E-state index in [9.17, 15) is 24.6 Å². The Bertz CT molecular complexity index is 2040. The van der Waals surface area contributed by atoms with Crippen LogP contribution in [0.15, 0.2) is 30.5 Å². The van der Waals surface area contributed by atoms with Crippen molar-refractivity contribution in [2.45, 2.75) is 208 Å². The van der Waals surface area contributed by atoms with Gasteiger partial charge in [-0.3, -0.25) is 4.57 Å². The molecule has 0 unspecified atom stereocenters. The molecule has 346 valence electrons. The van der Waals surface area contributed by atoms with Crippen LogP contribution >= 0.6 is 0 Å². The number of ether oxygens (including phenoxy) is 4. The van der Waals surface area contributed by atoms with E-state index in [0.717, 1.165) is 56.8 Å². The average Bonchev–Trinajstić information content (AvgIpc) is 3.84. The quantitative estimate of drug-likeness (QED) is 0.183. The van der Waals surface area contributed by atoms with E-state index in [1.54, 1.807) is 27.0 Å². The van der Waals surface area contributed by atoms with Crippen LogP contribution in [0.3, 0.4) is 0 Å². The van der Waals surface area contributed by atoms with Gasteiger partial charge in [-0.25, -0.2) is 14.4 Å². The molecule has 4 aliphatic carbocycles. The highest BCUT2D eigenvalue weighted by Gasteiger charge is 2.72. The van der Waals surface area contributed by atoms with Gasteiger partial charge in [-0.15, -0.1) is 0 Å². The first-order valence-corrected chi connectivity index (χ1v) is 23.5. The fourth-order valence-corrected chi connectivity index (χ4v) is 14.2. The lowest BCUT2D eigenvalue weighted by molar-refractivity contribution is -0.251. The smallest absolute Gasteiger partial charge is 0.419 e. The van der Waals surface area contributed by atoms with Gasteiger partial charge in [-0.1, -0.05) is 52.8 Å². The summed E-state index contributed by atoms with van der Waals surface area (Å²) in [6.45, 7) is 28.6. The lowest BCUT2D eigenvalue weighted by Crippen LogP contribution is -2.67. The van der Waals surface area contributed by atoms with Crippen molar-refractivity contribution in [3.05, 3.63) is 36.0 Å². The Balaban J connectivity index is 1.12. The van der Waals surface area contributed by atoms with Crippen LogP contribution in [0.4, 0.5) is 9.59 Å². The zero-order chi connectivity index (χ0) is 45.8. The number of nitrogens with zero attached hydrogens (tertiary/aromatic N) is 1. The van der Waals surface area contributed by atoms with Crippen LogP contribution in [0, 0.1) is 45.3 Å². The highest BCUT2D eigenvalue weighted by atomic mass is 16.6. The maximum atomic E-state index is 14.6. The molecule has 1 amide bonds. The summed E-state index contributed by atoms with van der Waals surface area (Å²) in [6, 6.07) is 6.37. The van der Waals surface area contributed by atoms with Gasteiger partial charge in [0.15, 0.2) is 0 Å². The lowest BCUT2D eigenvalue weighted by Gasteiger charge is -2.70. The van der Waals surface area contributed by atoms with Crippen LogP contribution in [0.1, 0.15) is 160 Å². The number of alkyl carbamates (subject to hydrolysis) is 1. The second-order valence-electron chi connectivity index (χ2n) is 24.3. The molecule has 2 aromatic rings. The van der Waals surface area contributed by atoms with E-state index in [4.69, 9.17) is 18.9 Å². The van der Waals surface area contributed by atoms with Crippen molar-refractivity contribution >= 4 is 29.1 Å². The molecule has 5 fully saturated rings. The molecule has 11 nitrogen and oxygen atoms in total. The number of benzene rings is 1.